The minimum absolute atomic E-state index is 0.766. The van der Waals surface area contributed by atoms with Crippen molar-refractivity contribution in [2.45, 2.75) is 90.9 Å². The minimum atomic E-state index is 0.766. The van der Waals surface area contributed by atoms with Gasteiger partial charge in [0.2, 0.25) is 0 Å². The van der Waals surface area contributed by atoms with Gasteiger partial charge >= 0.3 is 0 Å². The first-order chi connectivity index (χ1) is 8.91. The summed E-state index contributed by atoms with van der Waals surface area (Å²) in [5.41, 5.74) is 0. The molecule has 0 radical (unpaired) electrons. The van der Waals surface area contributed by atoms with E-state index in [2.05, 4.69) is 37.5 Å². The summed E-state index contributed by atoms with van der Waals surface area (Å²) in [4.78, 5) is 0. The van der Waals surface area contributed by atoms with Crippen LogP contribution in [-0.4, -0.2) is 0 Å². The van der Waals surface area contributed by atoms with E-state index in [1.54, 1.807) is 0 Å². The molecule has 18 heavy (non-hydrogen) atoms. The van der Waals surface area contributed by atoms with E-state index < -0.39 is 0 Å². The molecule has 0 atom stereocenters. The summed E-state index contributed by atoms with van der Waals surface area (Å²) >= 11 is 0. The summed E-state index contributed by atoms with van der Waals surface area (Å²) < 4.78 is 0. The highest BCUT2D eigenvalue weighted by atomic mass is 13.9. The molecule has 0 bridgehead atoms. The van der Waals surface area contributed by atoms with Gasteiger partial charge in [-0.15, -0.1) is 11.8 Å². The molecule has 0 aromatic rings. The van der Waals surface area contributed by atoms with E-state index in [-0.39, 0.29) is 0 Å². The van der Waals surface area contributed by atoms with Crippen LogP contribution in [0.3, 0.4) is 0 Å². The second kappa shape index (κ2) is 16.1. The largest absolute Gasteiger partial charge is 0.102 e. The predicted octanol–water partition coefficient (Wildman–Crippen LogP) is 5.71. The van der Waals surface area contributed by atoms with Crippen LogP contribution in [0.15, 0.2) is 0 Å². The van der Waals surface area contributed by atoms with E-state index in [1.807, 2.05) is 0 Å². The molecule has 102 valence electrons. The molecular formula is C18H30. The number of hydrogen-bond donors (Lipinski definition) is 0. The average Bonchev–Trinajstić information content (AvgIpc) is 2.39. The van der Waals surface area contributed by atoms with E-state index in [9.17, 15) is 0 Å². The molecule has 0 saturated heterocycles. The number of rotatable bonds is 9. The Bertz CT molecular complexity index is 266. The van der Waals surface area contributed by atoms with Gasteiger partial charge < -0.3 is 0 Å². The molecule has 0 aromatic carbocycles. The lowest BCUT2D eigenvalue weighted by Gasteiger charge is -1.96. The van der Waals surface area contributed by atoms with E-state index in [4.69, 9.17) is 0 Å². The molecule has 0 amide bonds. The van der Waals surface area contributed by atoms with Crippen LogP contribution in [0.1, 0.15) is 90.9 Å². The number of unbranched alkanes of at least 4 members (excludes halogenated alkanes) is 9. The second-order valence-corrected chi connectivity index (χ2v) is 4.86. The lowest BCUT2D eigenvalue weighted by atomic mass is 10.1. The van der Waals surface area contributed by atoms with Gasteiger partial charge in [-0.25, -0.2) is 0 Å². The quantitative estimate of drug-likeness (QED) is 0.361. The van der Waals surface area contributed by atoms with E-state index >= 15 is 0 Å². The Balaban J connectivity index is 3.23. The van der Waals surface area contributed by atoms with Gasteiger partial charge in [-0.3, -0.25) is 0 Å². The summed E-state index contributed by atoms with van der Waals surface area (Å²) in [5, 5.41) is 0. The zero-order chi connectivity index (χ0) is 13.3. The molecule has 0 fully saturated rings. The van der Waals surface area contributed by atoms with Gasteiger partial charge in [0.1, 0.15) is 0 Å². The Labute approximate surface area is 115 Å². The first-order valence-corrected chi connectivity index (χ1v) is 7.83. The summed E-state index contributed by atoms with van der Waals surface area (Å²) in [6.07, 6.45) is 14.8. The molecule has 0 rings (SSSR count). The monoisotopic (exact) mass is 246 g/mol. The highest BCUT2D eigenvalue weighted by molar-refractivity contribution is 5.11. The smallest absolute Gasteiger partial charge is 0.0702 e. The van der Waals surface area contributed by atoms with Gasteiger partial charge in [-0.05, 0) is 12.8 Å². The molecule has 0 heterocycles. The second-order valence-electron chi connectivity index (χ2n) is 4.86. The first-order valence-electron chi connectivity index (χ1n) is 7.83. The van der Waals surface area contributed by atoms with Crippen molar-refractivity contribution in [2.75, 3.05) is 0 Å². The van der Waals surface area contributed by atoms with Crippen LogP contribution in [0, 0.1) is 23.7 Å². The standard InChI is InChI=1S/C18H30/c1-3-5-7-9-11-13-15-17-18-16-14-12-10-8-6-4-2/h3-11,13,15-16H2,1-2H3. The fraction of sp³-hybridized carbons (Fsp3) is 0.778. The summed E-state index contributed by atoms with van der Waals surface area (Å²) in [5.74, 6) is 12.7. The van der Waals surface area contributed by atoms with Gasteiger partial charge in [0.25, 0.3) is 0 Å². The lowest BCUT2D eigenvalue weighted by molar-refractivity contribution is 0.614. The maximum Gasteiger partial charge on any atom is 0.0702 e. The van der Waals surface area contributed by atoms with Crippen LogP contribution in [0.25, 0.3) is 0 Å². The normalized spacial score (nSPS) is 9.22. The highest BCUT2D eigenvalue weighted by Crippen LogP contribution is 2.06. The first kappa shape index (κ1) is 17.1. The van der Waals surface area contributed by atoms with Crippen molar-refractivity contribution >= 4 is 0 Å². The van der Waals surface area contributed by atoms with Crippen molar-refractivity contribution < 1.29 is 0 Å². The van der Waals surface area contributed by atoms with Crippen molar-refractivity contribution in [3.05, 3.63) is 0 Å². The van der Waals surface area contributed by atoms with Crippen molar-refractivity contribution in [1.29, 1.82) is 0 Å². The van der Waals surface area contributed by atoms with Crippen LogP contribution >= 0.6 is 0 Å². The third-order valence-corrected chi connectivity index (χ3v) is 2.99. The van der Waals surface area contributed by atoms with E-state index in [0.717, 1.165) is 19.3 Å². The fourth-order valence-electron chi connectivity index (χ4n) is 1.80. The topological polar surface area (TPSA) is 0 Å². The van der Waals surface area contributed by atoms with Crippen molar-refractivity contribution in [1.82, 2.24) is 0 Å². The Morgan fingerprint density at radius 2 is 0.944 bits per heavy atom. The molecule has 0 unspecified atom stereocenters. The van der Waals surface area contributed by atoms with Crippen molar-refractivity contribution in [3.63, 3.8) is 0 Å². The molecule has 0 aromatic heterocycles. The maximum absolute atomic E-state index is 3.23. The van der Waals surface area contributed by atoms with E-state index in [0.29, 0.717) is 0 Å². The zero-order valence-corrected chi connectivity index (χ0v) is 12.5. The fourth-order valence-corrected chi connectivity index (χ4v) is 1.80. The lowest BCUT2D eigenvalue weighted by Crippen LogP contribution is -1.77. The van der Waals surface area contributed by atoms with Gasteiger partial charge in [0.15, 0.2) is 0 Å². The Hall–Kier alpha value is -0.880. The molecule has 0 N–H and O–H groups in total. The van der Waals surface area contributed by atoms with Crippen molar-refractivity contribution in [2.24, 2.45) is 0 Å². The van der Waals surface area contributed by atoms with Crippen LogP contribution < -0.4 is 0 Å². The van der Waals surface area contributed by atoms with Gasteiger partial charge in [-0.2, -0.15) is 0 Å². The average molecular weight is 246 g/mol. The highest BCUT2D eigenvalue weighted by Gasteiger charge is 1.87. The van der Waals surface area contributed by atoms with Crippen LogP contribution in [0.2, 0.25) is 0 Å². The molecule has 0 aliphatic heterocycles. The molecule has 0 saturated carbocycles. The van der Waals surface area contributed by atoms with Crippen LogP contribution in [-0.2, 0) is 0 Å². The van der Waals surface area contributed by atoms with Gasteiger partial charge in [-0.1, -0.05) is 70.6 Å². The van der Waals surface area contributed by atoms with E-state index in [1.165, 1.54) is 57.8 Å². The number of hydrogen-bond acceptors (Lipinski definition) is 0. The van der Waals surface area contributed by atoms with Gasteiger partial charge in [0, 0.05) is 12.8 Å². The molecule has 0 aliphatic rings. The predicted molar refractivity (Wildman–Crippen MR) is 82.3 cm³/mol. The summed E-state index contributed by atoms with van der Waals surface area (Å²) in [6.45, 7) is 4.48. The third kappa shape index (κ3) is 15.1. The Kier molecular flexibility index (Phi) is 15.3. The maximum atomic E-state index is 3.23. The summed E-state index contributed by atoms with van der Waals surface area (Å²) in [7, 11) is 0. The van der Waals surface area contributed by atoms with Gasteiger partial charge in [0.05, 0.1) is 6.42 Å². The Morgan fingerprint density at radius 3 is 1.56 bits per heavy atom. The minimum Gasteiger partial charge on any atom is -0.102 e. The van der Waals surface area contributed by atoms with Crippen molar-refractivity contribution in [3.8, 4) is 23.7 Å². The zero-order valence-electron chi connectivity index (χ0n) is 12.5. The molecule has 0 spiro atoms. The Morgan fingerprint density at radius 1 is 0.500 bits per heavy atom. The molecular weight excluding hydrogens is 216 g/mol. The molecule has 0 heteroatoms. The van der Waals surface area contributed by atoms with Crippen LogP contribution in [0.5, 0.6) is 0 Å². The molecule has 0 nitrogen and oxygen atoms in total. The summed E-state index contributed by atoms with van der Waals surface area (Å²) in [6, 6.07) is 0. The SMILES string of the molecule is CCCCCC#CCC#CCCCCCCCC. The molecule has 0 aliphatic carbocycles. The third-order valence-electron chi connectivity index (χ3n) is 2.99. The van der Waals surface area contributed by atoms with Crippen LogP contribution in [0.4, 0.5) is 0 Å².